The molecule has 1 aliphatic carbocycles. The van der Waals surface area contributed by atoms with Crippen LogP contribution < -0.4 is 11.2 Å². The minimum absolute atomic E-state index is 0.0100. The van der Waals surface area contributed by atoms with Crippen molar-refractivity contribution in [3.63, 3.8) is 0 Å². The zero-order valence-electron chi connectivity index (χ0n) is 13.6. The third-order valence-corrected chi connectivity index (χ3v) is 4.23. The molecule has 1 fully saturated rings. The molecule has 0 N–H and O–H groups in total. The molecule has 1 aliphatic rings. The minimum Gasteiger partial charge on any atom is -0.334 e. The Morgan fingerprint density at radius 2 is 1.96 bits per heavy atom. The third kappa shape index (κ3) is 3.67. The van der Waals surface area contributed by atoms with E-state index in [0.29, 0.717) is 0 Å². The van der Waals surface area contributed by atoms with Gasteiger partial charge in [-0.2, -0.15) is 0 Å². The van der Waals surface area contributed by atoms with Crippen LogP contribution in [0.15, 0.2) is 40.1 Å². The Kier molecular flexibility index (Phi) is 4.52. The zero-order valence-corrected chi connectivity index (χ0v) is 13.6. The van der Waals surface area contributed by atoms with Gasteiger partial charge in [0.15, 0.2) is 0 Å². The number of rotatable bonds is 5. The molecule has 0 bridgehead atoms. The number of carbonyl (C=O) groups excluding carboxylic acids is 1. The molecule has 1 saturated carbocycles. The molecule has 8 heteroatoms. The average Bonchev–Trinajstić information content (AvgIpc) is 3.39. The standard InChI is InChI=1S/C17H17F2N3O3/c1-20-15(23)6-7-21(17(20)25)10-16(24)22(13-4-5-13)9-11-2-3-12(18)8-14(11)19/h2-3,6-8,13H,4-5,9-10H2,1H3. The van der Waals surface area contributed by atoms with E-state index in [0.717, 1.165) is 34.1 Å². The first-order valence-electron chi connectivity index (χ1n) is 7.86. The number of carbonyl (C=O) groups is 1. The molecule has 0 aliphatic heterocycles. The van der Waals surface area contributed by atoms with Gasteiger partial charge in [-0.25, -0.2) is 13.6 Å². The van der Waals surface area contributed by atoms with Gasteiger partial charge < -0.3 is 4.90 Å². The van der Waals surface area contributed by atoms with E-state index >= 15 is 0 Å². The van der Waals surface area contributed by atoms with Crippen molar-refractivity contribution in [2.45, 2.75) is 32.0 Å². The third-order valence-electron chi connectivity index (χ3n) is 4.23. The van der Waals surface area contributed by atoms with Crippen molar-refractivity contribution in [1.82, 2.24) is 14.0 Å². The highest BCUT2D eigenvalue weighted by molar-refractivity contribution is 5.76. The topological polar surface area (TPSA) is 64.3 Å². The van der Waals surface area contributed by atoms with Crippen molar-refractivity contribution in [1.29, 1.82) is 0 Å². The Balaban J connectivity index is 1.81. The van der Waals surface area contributed by atoms with Crippen LogP contribution in [0, 0.1) is 11.6 Å². The fourth-order valence-electron chi connectivity index (χ4n) is 2.61. The maximum absolute atomic E-state index is 13.9. The molecule has 132 valence electrons. The van der Waals surface area contributed by atoms with Gasteiger partial charge >= 0.3 is 5.69 Å². The summed E-state index contributed by atoms with van der Waals surface area (Å²) >= 11 is 0. The van der Waals surface area contributed by atoms with Gasteiger partial charge in [0.25, 0.3) is 5.56 Å². The van der Waals surface area contributed by atoms with Gasteiger partial charge in [-0.15, -0.1) is 0 Å². The van der Waals surface area contributed by atoms with Gasteiger partial charge in [0.2, 0.25) is 5.91 Å². The maximum Gasteiger partial charge on any atom is 0.331 e. The zero-order chi connectivity index (χ0) is 18.1. The van der Waals surface area contributed by atoms with Crippen LogP contribution in [-0.2, 0) is 24.9 Å². The first-order chi connectivity index (χ1) is 11.9. The quantitative estimate of drug-likeness (QED) is 0.810. The Labute approximate surface area is 141 Å². The number of halogens is 2. The molecule has 2 aromatic rings. The molecule has 0 saturated heterocycles. The predicted molar refractivity (Wildman–Crippen MR) is 85.9 cm³/mol. The average molecular weight is 349 g/mol. The van der Waals surface area contributed by atoms with E-state index in [1.165, 1.54) is 30.3 Å². The highest BCUT2D eigenvalue weighted by Crippen LogP contribution is 2.29. The number of hydrogen-bond donors (Lipinski definition) is 0. The summed E-state index contributed by atoms with van der Waals surface area (Å²) in [6.45, 7) is -0.234. The van der Waals surface area contributed by atoms with E-state index in [1.807, 2.05) is 0 Å². The summed E-state index contributed by atoms with van der Waals surface area (Å²) < 4.78 is 29.0. The molecule has 3 rings (SSSR count). The Morgan fingerprint density at radius 1 is 1.24 bits per heavy atom. The summed E-state index contributed by atoms with van der Waals surface area (Å²) in [6.07, 6.45) is 2.87. The highest BCUT2D eigenvalue weighted by atomic mass is 19.1. The number of benzene rings is 1. The van der Waals surface area contributed by atoms with E-state index in [4.69, 9.17) is 0 Å². The van der Waals surface area contributed by atoms with Crippen LogP contribution in [0.2, 0.25) is 0 Å². The van der Waals surface area contributed by atoms with Gasteiger partial charge in [0.1, 0.15) is 18.2 Å². The minimum atomic E-state index is -0.710. The molecule has 1 aromatic heterocycles. The number of nitrogens with zero attached hydrogens (tertiary/aromatic N) is 3. The predicted octanol–water partition coefficient (Wildman–Crippen LogP) is 1.02. The van der Waals surface area contributed by atoms with Gasteiger partial charge in [0.05, 0.1) is 0 Å². The fraction of sp³-hybridized carbons (Fsp3) is 0.353. The van der Waals surface area contributed by atoms with Crippen molar-refractivity contribution in [2.24, 2.45) is 7.05 Å². The van der Waals surface area contributed by atoms with Crippen molar-refractivity contribution in [3.8, 4) is 0 Å². The van der Waals surface area contributed by atoms with Gasteiger partial charge in [-0.1, -0.05) is 6.07 Å². The SMILES string of the molecule is Cn1c(=O)ccn(CC(=O)N(Cc2ccc(F)cc2F)C2CC2)c1=O. The first-order valence-corrected chi connectivity index (χ1v) is 7.86. The Bertz CT molecular complexity index is 931. The summed E-state index contributed by atoms with van der Waals surface area (Å²) in [6, 6.07) is 4.43. The fourth-order valence-corrected chi connectivity index (χ4v) is 2.61. The van der Waals surface area contributed by atoms with E-state index < -0.39 is 22.9 Å². The summed E-state index contributed by atoms with van der Waals surface area (Å²) in [4.78, 5) is 37.6. The van der Waals surface area contributed by atoms with Crippen LogP contribution in [0.25, 0.3) is 0 Å². The second kappa shape index (κ2) is 6.62. The van der Waals surface area contributed by atoms with Crippen LogP contribution in [0.3, 0.4) is 0 Å². The summed E-state index contributed by atoms with van der Waals surface area (Å²) in [5, 5.41) is 0. The number of aromatic nitrogens is 2. The molecule has 0 unspecified atom stereocenters. The van der Waals surface area contributed by atoms with E-state index in [9.17, 15) is 23.2 Å². The monoisotopic (exact) mass is 349 g/mol. The lowest BCUT2D eigenvalue weighted by atomic mass is 10.2. The van der Waals surface area contributed by atoms with Crippen molar-refractivity contribution in [3.05, 3.63) is 68.5 Å². The highest BCUT2D eigenvalue weighted by Gasteiger charge is 2.33. The molecule has 1 amide bonds. The lowest BCUT2D eigenvalue weighted by Gasteiger charge is -2.23. The molecule has 25 heavy (non-hydrogen) atoms. The van der Waals surface area contributed by atoms with Gasteiger partial charge in [-0.05, 0) is 18.9 Å². The summed E-state index contributed by atoms with van der Waals surface area (Å²) in [5.74, 6) is -1.74. The van der Waals surface area contributed by atoms with Crippen LogP contribution in [0.1, 0.15) is 18.4 Å². The summed E-state index contributed by atoms with van der Waals surface area (Å²) in [7, 11) is 1.33. The lowest BCUT2D eigenvalue weighted by molar-refractivity contribution is -0.133. The second-order valence-corrected chi connectivity index (χ2v) is 6.11. The Morgan fingerprint density at radius 3 is 2.60 bits per heavy atom. The van der Waals surface area contributed by atoms with E-state index in [1.54, 1.807) is 0 Å². The molecule has 0 atom stereocenters. The maximum atomic E-state index is 13.9. The second-order valence-electron chi connectivity index (χ2n) is 6.11. The summed E-state index contributed by atoms with van der Waals surface area (Å²) in [5.41, 5.74) is -0.833. The number of hydrogen-bond acceptors (Lipinski definition) is 3. The molecule has 1 aromatic carbocycles. The normalized spacial score (nSPS) is 13.7. The first kappa shape index (κ1) is 17.1. The smallest absolute Gasteiger partial charge is 0.331 e. The Hall–Kier alpha value is -2.77. The van der Waals surface area contributed by atoms with Crippen molar-refractivity contribution >= 4 is 5.91 Å². The molecular formula is C17H17F2N3O3. The van der Waals surface area contributed by atoms with Crippen LogP contribution in [-0.4, -0.2) is 26.0 Å². The largest absolute Gasteiger partial charge is 0.334 e. The molecule has 0 spiro atoms. The molecule has 6 nitrogen and oxygen atoms in total. The van der Waals surface area contributed by atoms with Crippen LogP contribution in [0.4, 0.5) is 8.78 Å². The van der Waals surface area contributed by atoms with Crippen LogP contribution >= 0.6 is 0 Å². The molecule has 1 heterocycles. The van der Waals surface area contributed by atoms with Crippen molar-refractivity contribution in [2.75, 3.05) is 0 Å². The van der Waals surface area contributed by atoms with Gasteiger partial charge in [0, 0.05) is 43.5 Å². The van der Waals surface area contributed by atoms with Crippen LogP contribution in [0.5, 0.6) is 0 Å². The molecular weight excluding hydrogens is 332 g/mol. The van der Waals surface area contributed by atoms with Crippen molar-refractivity contribution < 1.29 is 13.6 Å². The number of amides is 1. The molecule has 0 radical (unpaired) electrons. The lowest BCUT2D eigenvalue weighted by Crippen LogP contribution is -2.42. The van der Waals surface area contributed by atoms with E-state index in [2.05, 4.69) is 0 Å². The van der Waals surface area contributed by atoms with E-state index in [-0.39, 0.29) is 30.6 Å². The van der Waals surface area contributed by atoms with Gasteiger partial charge in [-0.3, -0.25) is 18.7 Å².